The van der Waals surface area contributed by atoms with Gasteiger partial charge >= 0.3 is 0 Å². The molecule has 0 spiro atoms. The molecule has 0 aliphatic carbocycles. The normalized spacial score (nSPS) is 9.11. The van der Waals surface area contributed by atoms with Crippen LogP contribution in [0.5, 0.6) is 0 Å². The maximum atomic E-state index is 10.9. The molecule has 19 heavy (non-hydrogen) atoms. The van der Waals surface area contributed by atoms with Gasteiger partial charge in [-0.05, 0) is 15.9 Å². The van der Waals surface area contributed by atoms with Crippen molar-refractivity contribution in [1.29, 1.82) is 10.5 Å². The number of nitriles is 2. The number of allylic oxidation sites excluding steroid dienone is 1. The van der Waals surface area contributed by atoms with E-state index in [0.717, 1.165) is 12.3 Å². The molecule has 0 atom stereocenters. The number of nitro benzene ring substituents is 1. The van der Waals surface area contributed by atoms with Crippen molar-refractivity contribution in [3.8, 4) is 12.1 Å². The molecule has 1 N–H and O–H groups in total. The largest absolute Gasteiger partial charge is 0.353 e. The van der Waals surface area contributed by atoms with Crippen molar-refractivity contribution in [3.05, 3.63) is 42.5 Å². The van der Waals surface area contributed by atoms with E-state index in [9.17, 15) is 10.1 Å². The molecular weight excluding hydrogens is 359 g/mol. The number of hydrogen-bond acceptors (Lipinski definition) is 5. The summed E-state index contributed by atoms with van der Waals surface area (Å²) in [5, 5.41) is 30.7. The van der Waals surface area contributed by atoms with Gasteiger partial charge in [-0.15, -0.1) is 0 Å². The van der Waals surface area contributed by atoms with E-state index < -0.39 is 4.92 Å². The van der Waals surface area contributed by atoms with Crippen molar-refractivity contribution in [2.75, 3.05) is 5.32 Å². The molecule has 9 heteroatoms. The molecule has 0 heterocycles. The molecule has 96 valence electrons. The average molecular weight is 362 g/mol. The summed E-state index contributed by atoms with van der Waals surface area (Å²) in [7, 11) is 0. The zero-order valence-corrected chi connectivity index (χ0v) is 12.0. The number of nitrogens with one attached hydrogen (secondary N) is 1. The molecule has 0 aromatic heterocycles. The summed E-state index contributed by atoms with van der Waals surface area (Å²) >= 11 is 14.7. The number of halogens is 3. The van der Waals surface area contributed by atoms with Crippen LogP contribution in [0, 0.1) is 32.8 Å². The molecule has 0 radical (unpaired) electrons. The quantitative estimate of drug-likeness (QED) is 0.379. The zero-order valence-electron chi connectivity index (χ0n) is 8.95. The Morgan fingerprint density at radius 3 is 2.53 bits per heavy atom. The average Bonchev–Trinajstić information content (AvgIpc) is 2.38. The lowest BCUT2D eigenvalue weighted by atomic mass is 10.2. The van der Waals surface area contributed by atoms with Crippen LogP contribution >= 0.6 is 39.1 Å². The van der Waals surface area contributed by atoms with Gasteiger partial charge in [0.1, 0.15) is 23.4 Å². The van der Waals surface area contributed by atoms with Crippen molar-refractivity contribution < 1.29 is 4.92 Å². The second-order valence-electron chi connectivity index (χ2n) is 3.06. The van der Waals surface area contributed by atoms with Gasteiger partial charge in [-0.25, -0.2) is 0 Å². The Bertz CT molecular complexity index is 645. The fourth-order valence-corrected chi connectivity index (χ4v) is 2.09. The fraction of sp³-hybridized carbons (Fsp3) is 0. The third-order valence-electron chi connectivity index (χ3n) is 1.94. The van der Waals surface area contributed by atoms with E-state index in [4.69, 9.17) is 33.7 Å². The number of benzene rings is 1. The predicted octanol–water partition coefficient (Wildman–Crippen LogP) is 4.01. The van der Waals surface area contributed by atoms with Crippen LogP contribution in [0.1, 0.15) is 0 Å². The topological polar surface area (TPSA) is 103 Å². The molecule has 0 bridgehead atoms. The number of rotatable bonds is 3. The van der Waals surface area contributed by atoms with Gasteiger partial charge in [0.15, 0.2) is 0 Å². The van der Waals surface area contributed by atoms with Gasteiger partial charge in [0, 0.05) is 12.3 Å². The van der Waals surface area contributed by atoms with E-state index >= 15 is 0 Å². The molecule has 0 amide bonds. The SMILES string of the molecule is N#CC(C#N)=CNc1c([N+](=O)[O-])cc(Cl)c(Cl)c1Br. The smallest absolute Gasteiger partial charge is 0.295 e. The van der Waals surface area contributed by atoms with Crippen LogP contribution in [0.2, 0.25) is 10.0 Å². The molecule has 0 aliphatic heterocycles. The second kappa shape index (κ2) is 6.39. The summed E-state index contributed by atoms with van der Waals surface area (Å²) in [4.78, 5) is 10.2. The van der Waals surface area contributed by atoms with Crippen LogP contribution in [0.25, 0.3) is 0 Å². The third-order valence-corrected chi connectivity index (χ3v) is 3.75. The van der Waals surface area contributed by atoms with E-state index in [1.165, 1.54) is 0 Å². The Balaban J connectivity index is 3.39. The zero-order chi connectivity index (χ0) is 14.6. The summed E-state index contributed by atoms with van der Waals surface area (Å²) in [6.45, 7) is 0. The van der Waals surface area contributed by atoms with Crippen molar-refractivity contribution in [2.45, 2.75) is 0 Å². The van der Waals surface area contributed by atoms with E-state index in [0.29, 0.717) is 0 Å². The van der Waals surface area contributed by atoms with Crippen molar-refractivity contribution in [1.82, 2.24) is 0 Å². The second-order valence-corrected chi connectivity index (χ2v) is 4.64. The summed E-state index contributed by atoms with van der Waals surface area (Å²) in [6.07, 6.45) is 1.04. The number of nitrogens with zero attached hydrogens (tertiary/aromatic N) is 3. The van der Waals surface area contributed by atoms with Gasteiger partial charge < -0.3 is 5.32 Å². The first-order valence-electron chi connectivity index (χ1n) is 4.51. The Morgan fingerprint density at radius 2 is 2.05 bits per heavy atom. The lowest BCUT2D eigenvalue weighted by Gasteiger charge is -2.08. The number of nitro groups is 1. The minimum atomic E-state index is -0.665. The van der Waals surface area contributed by atoms with Gasteiger partial charge in [0.25, 0.3) is 5.69 Å². The highest BCUT2D eigenvalue weighted by Gasteiger charge is 2.21. The molecule has 0 saturated heterocycles. The van der Waals surface area contributed by atoms with Crippen LogP contribution in [0.3, 0.4) is 0 Å². The highest BCUT2D eigenvalue weighted by Crippen LogP contribution is 2.42. The van der Waals surface area contributed by atoms with Gasteiger partial charge in [-0.1, -0.05) is 23.2 Å². The maximum Gasteiger partial charge on any atom is 0.295 e. The number of anilines is 1. The Morgan fingerprint density at radius 1 is 1.47 bits per heavy atom. The van der Waals surface area contributed by atoms with Gasteiger partial charge in [0.05, 0.1) is 19.4 Å². The lowest BCUT2D eigenvalue weighted by Crippen LogP contribution is -1.99. The Labute approximate surface area is 126 Å². The Hall–Kier alpha value is -1.80. The predicted molar refractivity (Wildman–Crippen MR) is 73.7 cm³/mol. The van der Waals surface area contributed by atoms with Gasteiger partial charge in [-0.3, -0.25) is 10.1 Å². The van der Waals surface area contributed by atoms with E-state index in [-0.39, 0.29) is 31.5 Å². The maximum absolute atomic E-state index is 10.9. The standard InChI is InChI=1S/C10H3BrCl2N4O2/c11-8-9(13)6(12)1-7(17(18)19)10(8)16-4-5(2-14)3-15/h1,4,16H. The highest BCUT2D eigenvalue weighted by molar-refractivity contribution is 9.10. The first kappa shape index (κ1) is 15.3. The first-order chi connectivity index (χ1) is 8.92. The van der Waals surface area contributed by atoms with E-state index in [2.05, 4.69) is 21.2 Å². The van der Waals surface area contributed by atoms with Crippen LogP contribution in [0.15, 0.2) is 22.3 Å². The molecule has 1 rings (SSSR count). The minimum Gasteiger partial charge on any atom is -0.353 e. The molecule has 0 unspecified atom stereocenters. The van der Waals surface area contributed by atoms with Gasteiger partial charge in [0.2, 0.25) is 0 Å². The molecule has 0 aliphatic rings. The molecular formula is C10H3BrCl2N4O2. The van der Waals surface area contributed by atoms with Crippen molar-refractivity contribution in [2.24, 2.45) is 0 Å². The van der Waals surface area contributed by atoms with Gasteiger partial charge in [-0.2, -0.15) is 10.5 Å². The van der Waals surface area contributed by atoms with Crippen molar-refractivity contribution >= 4 is 50.5 Å². The summed E-state index contributed by atoms with van der Waals surface area (Å²) in [5.74, 6) is 0. The third kappa shape index (κ3) is 3.36. The fourth-order valence-electron chi connectivity index (χ4n) is 1.10. The monoisotopic (exact) mass is 360 g/mol. The summed E-state index contributed by atoms with van der Waals surface area (Å²) < 4.78 is 0.167. The summed E-state index contributed by atoms with van der Waals surface area (Å²) in [6, 6.07) is 4.29. The van der Waals surface area contributed by atoms with Crippen LogP contribution < -0.4 is 5.32 Å². The highest BCUT2D eigenvalue weighted by atomic mass is 79.9. The minimum absolute atomic E-state index is 0.00222. The van der Waals surface area contributed by atoms with Crippen LogP contribution in [0.4, 0.5) is 11.4 Å². The lowest BCUT2D eigenvalue weighted by molar-refractivity contribution is -0.384. The van der Waals surface area contributed by atoms with Crippen LogP contribution in [-0.4, -0.2) is 4.92 Å². The van der Waals surface area contributed by atoms with E-state index in [1.807, 2.05) is 0 Å². The first-order valence-corrected chi connectivity index (χ1v) is 6.06. The van der Waals surface area contributed by atoms with Crippen LogP contribution in [-0.2, 0) is 0 Å². The molecule has 1 aromatic carbocycles. The molecule has 6 nitrogen and oxygen atoms in total. The summed E-state index contributed by atoms with van der Waals surface area (Å²) in [5.41, 5.74) is -0.581. The van der Waals surface area contributed by atoms with E-state index in [1.54, 1.807) is 12.1 Å². The Kier molecular flexibility index (Phi) is 5.13. The molecule has 0 fully saturated rings. The number of hydrogen-bond donors (Lipinski definition) is 1. The van der Waals surface area contributed by atoms with Crippen molar-refractivity contribution in [3.63, 3.8) is 0 Å². The molecule has 1 aromatic rings. The molecule has 0 saturated carbocycles.